The first-order chi connectivity index (χ1) is 7.95. The van der Waals surface area contributed by atoms with Crippen LogP contribution in [0.5, 0.6) is 5.75 Å². The Morgan fingerprint density at radius 2 is 2.00 bits per heavy atom. The molecular formula is C11H17NO4S. The topological polar surface area (TPSA) is 78.6 Å². The van der Waals surface area contributed by atoms with Gasteiger partial charge in [-0.15, -0.1) is 0 Å². The van der Waals surface area contributed by atoms with Crippen molar-refractivity contribution in [2.75, 3.05) is 32.3 Å². The summed E-state index contributed by atoms with van der Waals surface area (Å²) < 4.78 is 32.9. The van der Waals surface area contributed by atoms with Crippen LogP contribution >= 0.6 is 0 Å². The number of nitrogens with two attached hydrogens (primary N) is 1. The normalized spacial score (nSPS) is 11.4. The molecule has 2 N–H and O–H groups in total. The number of nitrogen functional groups attached to an aromatic ring is 1. The molecule has 0 atom stereocenters. The molecule has 0 saturated carbocycles. The van der Waals surface area contributed by atoms with Gasteiger partial charge in [-0.1, -0.05) is 0 Å². The molecule has 0 aromatic heterocycles. The van der Waals surface area contributed by atoms with Crippen molar-refractivity contribution in [2.24, 2.45) is 0 Å². The highest BCUT2D eigenvalue weighted by atomic mass is 32.2. The van der Waals surface area contributed by atoms with Crippen LogP contribution in [0.2, 0.25) is 0 Å². The van der Waals surface area contributed by atoms with Crippen LogP contribution in [0.4, 0.5) is 5.69 Å². The first-order valence-electron chi connectivity index (χ1n) is 5.16. The Labute approximate surface area is 101 Å². The van der Waals surface area contributed by atoms with Gasteiger partial charge in [0.25, 0.3) is 0 Å². The Bertz CT molecular complexity index is 470. The maximum atomic E-state index is 11.3. The Balaban J connectivity index is 2.70. The van der Waals surface area contributed by atoms with E-state index in [0.29, 0.717) is 24.7 Å². The molecule has 0 aliphatic heterocycles. The second kappa shape index (κ2) is 5.88. The van der Waals surface area contributed by atoms with E-state index in [1.54, 1.807) is 13.2 Å². The van der Waals surface area contributed by atoms with E-state index in [1.807, 2.05) is 0 Å². The van der Waals surface area contributed by atoms with Crippen molar-refractivity contribution in [3.05, 3.63) is 18.2 Å². The quantitative estimate of drug-likeness (QED) is 0.611. The van der Waals surface area contributed by atoms with E-state index in [4.69, 9.17) is 15.2 Å². The molecule has 1 rings (SSSR count). The summed E-state index contributed by atoms with van der Waals surface area (Å²) in [6.07, 6.45) is 1.89. The van der Waals surface area contributed by atoms with Crippen LogP contribution in [-0.2, 0) is 14.6 Å². The number of hydrogen-bond acceptors (Lipinski definition) is 5. The van der Waals surface area contributed by atoms with Crippen molar-refractivity contribution in [3.63, 3.8) is 0 Å². The molecule has 17 heavy (non-hydrogen) atoms. The van der Waals surface area contributed by atoms with E-state index in [2.05, 4.69) is 0 Å². The molecule has 0 amide bonds. The highest BCUT2D eigenvalue weighted by Crippen LogP contribution is 2.24. The molecule has 0 spiro atoms. The van der Waals surface area contributed by atoms with Crippen molar-refractivity contribution in [2.45, 2.75) is 11.3 Å². The van der Waals surface area contributed by atoms with Crippen LogP contribution in [0.1, 0.15) is 6.42 Å². The molecule has 0 fully saturated rings. The Kier molecular flexibility index (Phi) is 4.77. The third-order valence-electron chi connectivity index (χ3n) is 2.16. The van der Waals surface area contributed by atoms with Crippen LogP contribution < -0.4 is 10.5 Å². The van der Waals surface area contributed by atoms with Crippen molar-refractivity contribution >= 4 is 15.5 Å². The van der Waals surface area contributed by atoms with E-state index in [-0.39, 0.29) is 4.90 Å². The Hall–Kier alpha value is -1.27. The summed E-state index contributed by atoms with van der Waals surface area (Å²) in [5.74, 6) is 0.494. The molecule has 96 valence electrons. The zero-order valence-electron chi connectivity index (χ0n) is 9.97. The van der Waals surface area contributed by atoms with Gasteiger partial charge in [-0.3, -0.25) is 0 Å². The van der Waals surface area contributed by atoms with E-state index in [1.165, 1.54) is 12.1 Å². The standard InChI is InChI=1S/C11H17NO4S/c1-15-6-3-7-16-11-5-4-9(8-10(11)12)17(2,13)14/h4-5,8H,3,6-7,12H2,1-2H3. The molecule has 1 aromatic carbocycles. The van der Waals surface area contributed by atoms with Gasteiger partial charge in [-0.25, -0.2) is 8.42 Å². The predicted molar refractivity (Wildman–Crippen MR) is 66.0 cm³/mol. The van der Waals surface area contributed by atoms with Crippen LogP contribution in [0, 0.1) is 0 Å². The molecule has 0 radical (unpaired) electrons. The number of ether oxygens (including phenoxy) is 2. The summed E-state index contributed by atoms with van der Waals surface area (Å²) in [7, 11) is -1.61. The van der Waals surface area contributed by atoms with Crippen LogP contribution in [-0.4, -0.2) is 35.0 Å². The molecule has 0 bridgehead atoms. The van der Waals surface area contributed by atoms with Gasteiger partial charge in [0.1, 0.15) is 5.75 Å². The second-order valence-electron chi connectivity index (χ2n) is 3.67. The van der Waals surface area contributed by atoms with Crippen LogP contribution in [0.25, 0.3) is 0 Å². The molecule has 0 heterocycles. The summed E-state index contributed by atoms with van der Waals surface area (Å²) in [5.41, 5.74) is 6.04. The zero-order chi connectivity index (χ0) is 12.9. The lowest BCUT2D eigenvalue weighted by atomic mass is 10.3. The van der Waals surface area contributed by atoms with Crippen molar-refractivity contribution in [1.82, 2.24) is 0 Å². The molecule has 0 aliphatic carbocycles. The third-order valence-corrected chi connectivity index (χ3v) is 3.27. The fourth-order valence-electron chi connectivity index (χ4n) is 1.27. The monoisotopic (exact) mass is 259 g/mol. The molecule has 0 saturated heterocycles. The third kappa shape index (κ3) is 4.24. The van der Waals surface area contributed by atoms with E-state index >= 15 is 0 Å². The fraction of sp³-hybridized carbons (Fsp3) is 0.455. The first-order valence-corrected chi connectivity index (χ1v) is 7.05. The molecular weight excluding hydrogens is 242 g/mol. The van der Waals surface area contributed by atoms with Gasteiger partial charge in [-0.2, -0.15) is 0 Å². The summed E-state index contributed by atoms with van der Waals surface area (Å²) in [5, 5.41) is 0. The van der Waals surface area contributed by atoms with Gasteiger partial charge in [0.05, 0.1) is 17.2 Å². The van der Waals surface area contributed by atoms with Gasteiger partial charge < -0.3 is 15.2 Å². The fourth-order valence-corrected chi connectivity index (χ4v) is 1.93. The van der Waals surface area contributed by atoms with E-state index in [9.17, 15) is 8.42 Å². The minimum atomic E-state index is -3.23. The van der Waals surface area contributed by atoms with Gasteiger partial charge in [-0.05, 0) is 18.2 Å². The number of rotatable bonds is 6. The van der Waals surface area contributed by atoms with Crippen molar-refractivity contribution < 1.29 is 17.9 Å². The minimum absolute atomic E-state index is 0.194. The van der Waals surface area contributed by atoms with Gasteiger partial charge >= 0.3 is 0 Å². The maximum Gasteiger partial charge on any atom is 0.175 e. The highest BCUT2D eigenvalue weighted by Gasteiger charge is 2.09. The summed E-state index contributed by atoms with van der Waals surface area (Å²) in [6, 6.07) is 4.46. The zero-order valence-corrected chi connectivity index (χ0v) is 10.8. The highest BCUT2D eigenvalue weighted by molar-refractivity contribution is 7.90. The average Bonchev–Trinajstić information content (AvgIpc) is 2.24. The summed E-state index contributed by atoms with van der Waals surface area (Å²) in [6.45, 7) is 1.09. The van der Waals surface area contributed by atoms with Crippen molar-refractivity contribution in [1.29, 1.82) is 0 Å². The smallest absolute Gasteiger partial charge is 0.175 e. The lowest BCUT2D eigenvalue weighted by Crippen LogP contribution is -2.04. The van der Waals surface area contributed by atoms with Crippen molar-refractivity contribution in [3.8, 4) is 5.75 Å². The number of anilines is 1. The summed E-state index contributed by atoms with van der Waals surface area (Å²) >= 11 is 0. The maximum absolute atomic E-state index is 11.3. The van der Waals surface area contributed by atoms with Crippen LogP contribution in [0.15, 0.2) is 23.1 Å². The largest absolute Gasteiger partial charge is 0.491 e. The lowest BCUT2D eigenvalue weighted by Gasteiger charge is -2.09. The Morgan fingerprint density at radius 1 is 1.29 bits per heavy atom. The van der Waals surface area contributed by atoms with E-state index < -0.39 is 9.84 Å². The van der Waals surface area contributed by atoms with Gasteiger partial charge in [0.2, 0.25) is 0 Å². The number of sulfone groups is 1. The number of benzene rings is 1. The summed E-state index contributed by atoms with van der Waals surface area (Å²) in [4.78, 5) is 0.194. The van der Waals surface area contributed by atoms with E-state index in [0.717, 1.165) is 12.7 Å². The van der Waals surface area contributed by atoms with Gasteiger partial charge in [0.15, 0.2) is 9.84 Å². The Morgan fingerprint density at radius 3 is 2.53 bits per heavy atom. The minimum Gasteiger partial charge on any atom is -0.491 e. The second-order valence-corrected chi connectivity index (χ2v) is 5.68. The molecule has 1 aromatic rings. The first kappa shape index (κ1) is 13.8. The number of methoxy groups -OCH3 is 1. The molecule has 0 unspecified atom stereocenters. The average molecular weight is 259 g/mol. The van der Waals surface area contributed by atoms with Gasteiger partial charge in [0, 0.05) is 26.4 Å². The molecule has 6 heteroatoms. The molecule has 5 nitrogen and oxygen atoms in total. The molecule has 0 aliphatic rings. The van der Waals surface area contributed by atoms with Crippen LogP contribution in [0.3, 0.4) is 0 Å². The number of hydrogen-bond donors (Lipinski definition) is 1. The SMILES string of the molecule is COCCCOc1ccc(S(C)(=O)=O)cc1N. The predicted octanol–water partition coefficient (Wildman–Crippen LogP) is 1.09. The lowest BCUT2D eigenvalue weighted by molar-refractivity contribution is 0.172.